The van der Waals surface area contributed by atoms with E-state index < -0.39 is 0 Å². The number of aromatic amines is 1. The van der Waals surface area contributed by atoms with Gasteiger partial charge < -0.3 is 10.3 Å². The molecular formula is C23H22N2O2. The van der Waals surface area contributed by atoms with Crippen LogP contribution in [0.5, 0.6) is 0 Å². The summed E-state index contributed by atoms with van der Waals surface area (Å²) in [6.45, 7) is 2.04. The van der Waals surface area contributed by atoms with Crippen molar-refractivity contribution in [2.45, 2.75) is 32.1 Å². The molecule has 4 nitrogen and oxygen atoms in total. The third kappa shape index (κ3) is 3.31. The molecule has 2 aromatic carbocycles. The first kappa shape index (κ1) is 17.3. The van der Waals surface area contributed by atoms with Crippen molar-refractivity contribution in [1.82, 2.24) is 4.98 Å². The molecule has 0 spiro atoms. The molecule has 0 fully saturated rings. The lowest BCUT2D eigenvalue weighted by Gasteiger charge is -2.22. The fraction of sp³-hybridized carbons (Fsp3) is 0.217. The van der Waals surface area contributed by atoms with Crippen molar-refractivity contribution in [3.63, 3.8) is 0 Å². The molecule has 4 heteroatoms. The van der Waals surface area contributed by atoms with E-state index in [1.165, 1.54) is 11.8 Å². The predicted octanol–water partition coefficient (Wildman–Crippen LogP) is 4.91. The van der Waals surface area contributed by atoms with Gasteiger partial charge in [0, 0.05) is 22.8 Å². The number of carbonyl (C=O) groups excluding carboxylic acids is 1. The Labute approximate surface area is 157 Å². The van der Waals surface area contributed by atoms with Crippen LogP contribution in [-0.2, 0) is 0 Å². The van der Waals surface area contributed by atoms with Crippen molar-refractivity contribution in [2.75, 3.05) is 5.32 Å². The lowest BCUT2D eigenvalue weighted by Crippen LogP contribution is -2.22. The van der Waals surface area contributed by atoms with Crippen LogP contribution in [0, 0.1) is 6.92 Å². The molecule has 1 unspecified atom stereocenters. The van der Waals surface area contributed by atoms with Crippen LogP contribution >= 0.6 is 0 Å². The van der Waals surface area contributed by atoms with Gasteiger partial charge in [-0.3, -0.25) is 9.59 Å². The summed E-state index contributed by atoms with van der Waals surface area (Å²) < 4.78 is 0. The van der Waals surface area contributed by atoms with E-state index in [4.69, 9.17) is 0 Å². The summed E-state index contributed by atoms with van der Waals surface area (Å²) in [6.07, 6.45) is 9.19. The number of rotatable bonds is 3. The molecule has 1 aliphatic rings. The van der Waals surface area contributed by atoms with Gasteiger partial charge in [-0.25, -0.2) is 0 Å². The predicted molar refractivity (Wildman–Crippen MR) is 109 cm³/mol. The normalized spacial score (nSPS) is 16.4. The lowest BCUT2D eigenvalue weighted by molar-refractivity contribution is 0.102. The smallest absolute Gasteiger partial charge is 0.261 e. The molecule has 0 bridgehead atoms. The van der Waals surface area contributed by atoms with E-state index in [1.807, 2.05) is 31.2 Å². The number of benzene rings is 2. The molecule has 1 heterocycles. The standard InChI is InChI=1S/C23H22N2O2/c1-15-17(16-8-3-2-4-9-16)11-7-13-20(15)25-23(27)19-14-24-21-12-6-5-10-18(21)22(19)26/h2-3,5-7,10-14,16H,4,8-9H2,1H3,(H,24,26)(H,25,27). The average molecular weight is 358 g/mol. The number of aromatic nitrogens is 1. The SMILES string of the molecule is Cc1c(NC(=O)c2c[nH]c3ccccc3c2=O)cccc1C1CC=CCC1. The maximum Gasteiger partial charge on any atom is 0.261 e. The first-order valence-electron chi connectivity index (χ1n) is 9.31. The van der Waals surface area contributed by atoms with Crippen LogP contribution in [0.2, 0.25) is 0 Å². The number of pyridine rings is 1. The van der Waals surface area contributed by atoms with E-state index in [9.17, 15) is 9.59 Å². The molecule has 2 N–H and O–H groups in total. The highest BCUT2D eigenvalue weighted by atomic mass is 16.2. The van der Waals surface area contributed by atoms with Crippen LogP contribution in [0.25, 0.3) is 10.9 Å². The number of fused-ring (bicyclic) bond motifs is 1. The zero-order valence-corrected chi connectivity index (χ0v) is 15.3. The Balaban J connectivity index is 1.65. The van der Waals surface area contributed by atoms with Gasteiger partial charge in [0.15, 0.2) is 0 Å². The number of hydrogen-bond donors (Lipinski definition) is 2. The van der Waals surface area contributed by atoms with Gasteiger partial charge in [-0.2, -0.15) is 0 Å². The van der Waals surface area contributed by atoms with Crippen molar-refractivity contribution in [2.24, 2.45) is 0 Å². The molecule has 1 aromatic heterocycles. The minimum atomic E-state index is -0.384. The molecule has 136 valence electrons. The van der Waals surface area contributed by atoms with Gasteiger partial charge in [0.2, 0.25) is 5.43 Å². The summed E-state index contributed by atoms with van der Waals surface area (Å²) in [5, 5.41) is 3.45. The molecule has 0 aliphatic heterocycles. The van der Waals surface area contributed by atoms with Crippen LogP contribution in [0.3, 0.4) is 0 Å². The average Bonchev–Trinajstić information content (AvgIpc) is 2.70. The number of amides is 1. The molecule has 27 heavy (non-hydrogen) atoms. The maximum atomic E-state index is 12.8. The molecule has 0 radical (unpaired) electrons. The summed E-state index contributed by atoms with van der Waals surface area (Å²) in [6, 6.07) is 13.2. The Morgan fingerprint density at radius 2 is 1.96 bits per heavy atom. The molecule has 1 amide bonds. The second kappa shape index (κ2) is 7.23. The van der Waals surface area contributed by atoms with E-state index in [2.05, 4.69) is 28.5 Å². The number of allylic oxidation sites excluding steroid dienone is 2. The van der Waals surface area contributed by atoms with Gasteiger partial charge in [-0.05, 0) is 61.4 Å². The molecule has 0 saturated heterocycles. The third-order valence-electron chi connectivity index (χ3n) is 5.37. The number of para-hydroxylation sites is 1. The van der Waals surface area contributed by atoms with E-state index in [0.717, 1.165) is 36.0 Å². The summed E-state index contributed by atoms with van der Waals surface area (Å²) >= 11 is 0. The van der Waals surface area contributed by atoms with Gasteiger partial charge >= 0.3 is 0 Å². The summed E-state index contributed by atoms with van der Waals surface area (Å²) in [5.74, 6) is 0.0988. The van der Waals surface area contributed by atoms with Gasteiger partial charge in [-0.15, -0.1) is 0 Å². The largest absolute Gasteiger partial charge is 0.360 e. The van der Waals surface area contributed by atoms with Crippen molar-refractivity contribution in [1.29, 1.82) is 0 Å². The van der Waals surface area contributed by atoms with Crippen LogP contribution in [-0.4, -0.2) is 10.9 Å². The number of hydrogen-bond acceptors (Lipinski definition) is 2. The molecule has 3 aromatic rings. The molecular weight excluding hydrogens is 336 g/mol. The second-order valence-electron chi connectivity index (χ2n) is 7.03. The topological polar surface area (TPSA) is 62.0 Å². The van der Waals surface area contributed by atoms with Gasteiger partial charge in [0.1, 0.15) is 5.56 Å². The number of anilines is 1. The van der Waals surface area contributed by atoms with Crippen LogP contribution in [0.4, 0.5) is 5.69 Å². The molecule has 4 rings (SSSR count). The molecule has 1 aliphatic carbocycles. The Morgan fingerprint density at radius 1 is 1.11 bits per heavy atom. The number of carbonyl (C=O) groups is 1. The van der Waals surface area contributed by atoms with Gasteiger partial charge in [0.25, 0.3) is 5.91 Å². The Kier molecular flexibility index (Phi) is 4.63. The molecule has 0 saturated carbocycles. The van der Waals surface area contributed by atoms with Crippen LogP contribution in [0.1, 0.15) is 46.7 Å². The van der Waals surface area contributed by atoms with E-state index in [-0.39, 0.29) is 16.9 Å². The maximum absolute atomic E-state index is 12.8. The third-order valence-corrected chi connectivity index (χ3v) is 5.37. The first-order valence-corrected chi connectivity index (χ1v) is 9.31. The van der Waals surface area contributed by atoms with Gasteiger partial charge in [-0.1, -0.05) is 36.4 Å². The Morgan fingerprint density at radius 3 is 2.78 bits per heavy atom. The summed E-state index contributed by atoms with van der Waals surface area (Å²) in [5.41, 5.74) is 3.70. The summed E-state index contributed by atoms with van der Waals surface area (Å²) in [4.78, 5) is 28.5. The Hall–Kier alpha value is -3.14. The number of nitrogens with one attached hydrogen (secondary N) is 2. The van der Waals surface area contributed by atoms with Crippen molar-refractivity contribution in [3.05, 3.63) is 87.7 Å². The monoisotopic (exact) mass is 358 g/mol. The quantitative estimate of drug-likeness (QED) is 0.653. The second-order valence-corrected chi connectivity index (χ2v) is 7.03. The zero-order chi connectivity index (χ0) is 18.8. The van der Waals surface area contributed by atoms with Crippen molar-refractivity contribution in [3.8, 4) is 0 Å². The van der Waals surface area contributed by atoms with Gasteiger partial charge in [0.05, 0.1) is 0 Å². The fourth-order valence-electron chi connectivity index (χ4n) is 3.83. The summed E-state index contributed by atoms with van der Waals surface area (Å²) in [7, 11) is 0. The highest BCUT2D eigenvalue weighted by molar-refractivity contribution is 6.06. The highest BCUT2D eigenvalue weighted by Gasteiger charge is 2.18. The van der Waals surface area contributed by atoms with Crippen LogP contribution in [0.15, 0.2) is 65.6 Å². The molecule has 1 atom stereocenters. The Bertz CT molecular complexity index is 1090. The number of H-pyrrole nitrogens is 1. The van der Waals surface area contributed by atoms with E-state index in [1.54, 1.807) is 12.1 Å². The minimum Gasteiger partial charge on any atom is -0.360 e. The van der Waals surface area contributed by atoms with E-state index >= 15 is 0 Å². The zero-order valence-electron chi connectivity index (χ0n) is 15.3. The minimum absolute atomic E-state index is 0.124. The first-order chi connectivity index (χ1) is 13.1. The fourth-order valence-corrected chi connectivity index (χ4v) is 3.83. The van der Waals surface area contributed by atoms with Crippen molar-refractivity contribution < 1.29 is 4.79 Å². The van der Waals surface area contributed by atoms with E-state index in [0.29, 0.717) is 11.3 Å². The highest BCUT2D eigenvalue weighted by Crippen LogP contribution is 2.33. The van der Waals surface area contributed by atoms with Crippen molar-refractivity contribution >= 4 is 22.5 Å². The lowest BCUT2D eigenvalue weighted by atomic mass is 9.85. The van der Waals surface area contributed by atoms with Crippen LogP contribution < -0.4 is 10.7 Å².